The minimum absolute atomic E-state index is 0.0316. The summed E-state index contributed by atoms with van der Waals surface area (Å²) in [6.07, 6.45) is 0.110. The predicted molar refractivity (Wildman–Crippen MR) is 61.9 cm³/mol. The zero-order chi connectivity index (χ0) is 11.7. The van der Waals surface area contributed by atoms with Gasteiger partial charge in [0, 0.05) is 13.1 Å². The zero-order valence-corrected chi connectivity index (χ0v) is 10.4. The maximum Gasteiger partial charge on any atom is 0.246 e. The predicted octanol–water partition coefficient (Wildman–Crippen LogP) is 0.869. The summed E-state index contributed by atoms with van der Waals surface area (Å²) < 4.78 is 5.19. The first-order chi connectivity index (χ1) is 7.10. The first kappa shape index (κ1) is 14.4. The van der Waals surface area contributed by atoms with Crippen LogP contribution in [0.4, 0.5) is 0 Å². The second kappa shape index (κ2) is 8.68. The molecule has 0 bridgehead atoms. The SMILES string of the molecule is CCN(CC)CCNC(=O)COC(C)C. The van der Waals surface area contributed by atoms with Crippen molar-refractivity contribution in [3.63, 3.8) is 0 Å². The largest absolute Gasteiger partial charge is 0.369 e. The second-order valence-corrected chi connectivity index (χ2v) is 3.74. The Morgan fingerprint density at radius 3 is 2.40 bits per heavy atom. The third-order valence-corrected chi connectivity index (χ3v) is 2.19. The van der Waals surface area contributed by atoms with E-state index in [1.807, 2.05) is 13.8 Å². The molecular formula is C11H24N2O2. The number of hydrogen-bond donors (Lipinski definition) is 1. The lowest BCUT2D eigenvalue weighted by Gasteiger charge is -2.18. The number of carbonyl (C=O) groups is 1. The normalized spacial score (nSPS) is 11.1. The number of carbonyl (C=O) groups excluding carboxylic acids is 1. The van der Waals surface area contributed by atoms with Gasteiger partial charge in [-0.15, -0.1) is 0 Å². The third-order valence-electron chi connectivity index (χ3n) is 2.19. The van der Waals surface area contributed by atoms with Crippen LogP contribution in [0.2, 0.25) is 0 Å². The van der Waals surface area contributed by atoms with E-state index in [9.17, 15) is 4.79 Å². The lowest BCUT2D eigenvalue weighted by molar-refractivity contribution is -0.127. The van der Waals surface area contributed by atoms with Gasteiger partial charge in [-0.05, 0) is 26.9 Å². The molecule has 0 aliphatic carbocycles. The molecule has 0 atom stereocenters. The highest BCUT2D eigenvalue weighted by Gasteiger charge is 2.03. The van der Waals surface area contributed by atoms with Gasteiger partial charge in [0.2, 0.25) is 5.91 Å². The first-order valence-electron chi connectivity index (χ1n) is 5.70. The van der Waals surface area contributed by atoms with Gasteiger partial charge >= 0.3 is 0 Å². The molecule has 0 unspecified atom stereocenters. The van der Waals surface area contributed by atoms with E-state index >= 15 is 0 Å². The molecule has 4 heteroatoms. The van der Waals surface area contributed by atoms with Gasteiger partial charge in [-0.3, -0.25) is 4.79 Å². The van der Waals surface area contributed by atoms with Crippen molar-refractivity contribution in [2.24, 2.45) is 0 Å². The van der Waals surface area contributed by atoms with Crippen LogP contribution in [0.5, 0.6) is 0 Å². The topological polar surface area (TPSA) is 41.6 Å². The third kappa shape index (κ3) is 8.39. The van der Waals surface area contributed by atoms with E-state index in [1.165, 1.54) is 0 Å². The molecule has 0 aromatic rings. The molecule has 0 aromatic heterocycles. The fraction of sp³-hybridized carbons (Fsp3) is 0.909. The molecule has 15 heavy (non-hydrogen) atoms. The van der Waals surface area contributed by atoms with Crippen molar-refractivity contribution >= 4 is 5.91 Å². The molecule has 0 fully saturated rings. The lowest BCUT2D eigenvalue weighted by atomic mass is 10.4. The molecule has 0 rings (SSSR count). The highest BCUT2D eigenvalue weighted by molar-refractivity contribution is 5.77. The minimum Gasteiger partial charge on any atom is -0.369 e. The van der Waals surface area contributed by atoms with Crippen LogP contribution < -0.4 is 5.32 Å². The average Bonchev–Trinajstić information content (AvgIpc) is 2.21. The zero-order valence-electron chi connectivity index (χ0n) is 10.4. The Hall–Kier alpha value is -0.610. The van der Waals surface area contributed by atoms with Crippen molar-refractivity contribution in [3.8, 4) is 0 Å². The maximum absolute atomic E-state index is 11.3. The standard InChI is InChI=1S/C11H24N2O2/c1-5-13(6-2)8-7-12-11(14)9-15-10(3)4/h10H,5-9H2,1-4H3,(H,12,14). The number of rotatable bonds is 8. The molecule has 0 spiro atoms. The van der Waals surface area contributed by atoms with Crippen LogP contribution in [-0.4, -0.2) is 49.7 Å². The van der Waals surface area contributed by atoms with E-state index in [1.54, 1.807) is 0 Å². The fourth-order valence-electron chi connectivity index (χ4n) is 1.19. The summed E-state index contributed by atoms with van der Waals surface area (Å²) in [6.45, 7) is 11.9. The van der Waals surface area contributed by atoms with Gasteiger partial charge in [-0.2, -0.15) is 0 Å². The van der Waals surface area contributed by atoms with Crippen LogP contribution in [0.1, 0.15) is 27.7 Å². The van der Waals surface area contributed by atoms with Crippen molar-refractivity contribution in [3.05, 3.63) is 0 Å². The van der Waals surface area contributed by atoms with E-state index in [0.29, 0.717) is 6.54 Å². The summed E-state index contributed by atoms with van der Waals surface area (Å²) in [5.74, 6) is -0.0316. The van der Waals surface area contributed by atoms with Crippen molar-refractivity contribution in [1.82, 2.24) is 10.2 Å². The van der Waals surface area contributed by atoms with Gasteiger partial charge in [-0.25, -0.2) is 0 Å². The number of nitrogens with one attached hydrogen (secondary N) is 1. The van der Waals surface area contributed by atoms with Gasteiger partial charge in [0.1, 0.15) is 6.61 Å². The molecule has 0 aliphatic heterocycles. The van der Waals surface area contributed by atoms with E-state index in [-0.39, 0.29) is 18.6 Å². The Morgan fingerprint density at radius 2 is 1.93 bits per heavy atom. The maximum atomic E-state index is 11.3. The van der Waals surface area contributed by atoms with E-state index < -0.39 is 0 Å². The molecule has 0 radical (unpaired) electrons. The van der Waals surface area contributed by atoms with E-state index in [4.69, 9.17) is 4.74 Å². The van der Waals surface area contributed by atoms with Crippen molar-refractivity contribution < 1.29 is 9.53 Å². The Kier molecular flexibility index (Phi) is 8.33. The van der Waals surface area contributed by atoms with Crippen LogP contribution >= 0.6 is 0 Å². The van der Waals surface area contributed by atoms with Crippen LogP contribution in [0, 0.1) is 0 Å². The monoisotopic (exact) mass is 216 g/mol. The highest BCUT2D eigenvalue weighted by atomic mass is 16.5. The van der Waals surface area contributed by atoms with Gasteiger partial charge in [0.15, 0.2) is 0 Å². The number of likely N-dealkylation sites (N-methyl/N-ethyl adjacent to an activating group) is 1. The molecule has 0 saturated carbocycles. The average molecular weight is 216 g/mol. The molecule has 1 amide bonds. The van der Waals surface area contributed by atoms with E-state index in [2.05, 4.69) is 24.1 Å². The van der Waals surface area contributed by atoms with Crippen molar-refractivity contribution in [1.29, 1.82) is 0 Å². The summed E-state index contributed by atoms with van der Waals surface area (Å²) >= 11 is 0. The number of ether oxygens (including phenoxy) is 1. The number of amides is 1. The first-order valence-corrected chi connectivity index (χ1v) is 5.70. The van der Waals surface area contributed by atoms with E-state index in [0.717, 1.165) is 19.6 Å². The Balaban J connectivity index is 3.46. The van der Waals surface area contributed by atoms with Crippen LogP contribution in [0.25, 0.3) is 0 Å². The van der Waals surface area contributed by atoms with Crippen LogP contribution in [0.3, 0.4) is 0 Å². The van der Waals surface area contributed by atoms with Crippen molar-refractivity contribution in [2.45, 2.75) is 33.8 Å². The molecule has 0 heterocycles. The van der Waals surface area contributed by atoms with Gasteiger partial charge < -0.3 is 15.0 Å². The van der Waals surface area contributed by atoms with Crippen molar-refractivity contribution in [2.75, 3.05) is 32.8 Å². The number of nitrogens with zero attached hydrogens (tertiary/aromatic N) is 1. The number of hydrogen-bond acceptors (Lipinski definition) is 3. The molecule has 90 valence electrons. The summed E-state index contributed by atoms with van der Waals surface area (Å²) in [6, 6.07) is 0. The Bertz CT molecular complexity index is 168. The summed E-state index contributed by atoms with van der Waals surface area (Å²) in [4.78, 5) is 13.5. The van der Waals surface area contributed by atoms with Gasteiger partial charge in [-0.1, -0.05) is 13.8 Å². The quantitative estimate of drug-likeness (QED) is 0.654. The molecule has 0 aromatic carbocycles. The Labute approximate surface area is 93.0 Å². The smallest absolute Gasteiger partial charge is 0.246 e. The fourth-order valence-corrected chi connectivity index (χ4v) is 1.19. The lowest BCUT2D eigenvalue weighted by Crippen LogP contribution is -2.36. The molecule has 0 saturated heterocycles. The summed E-state index contributed by atoms with van der Waals surface area (Å²) in [5, 5.41) is 2.83. The molecule has 1 N–H and O–H groups in total. The second-order valence-electron chi connectivity index (χ2n) is 3.74. The Morgan fingerprint density at radius 1 is 1.33 bits per heavy atom. The molecule has 0 aliphatic rings. The van der Waals surface area contributed by atoms with Crippen LogP contribution in [0.15, 0.2) is 0 Å². The van der Waals surface area contributed by atoms with Crippen LogP contribution in [-0.2, 0) is 9.53 Å². The highest BCUT2D eigenvalue weighted by Crippen LogP contribution is 1.87. The molecular weight excluding hydrogens is 192 g/mol. The summed E-state index contributed by atoms with van der Waals surface area (Å²) in [5.41, 5.74) is 0. The van der Waals surface area contributed by atoms with Gasteiger partial charge in [0.05, 0.1) is 6.10 Å². The summed E-state index contributed by atoms with van der Waals surface area (Å²) in [7, 11) is 0. The van der Waals surface area contributed by atoms with Gasteiger partial charge in [0.25, 0.3) is 0 Å². The minimum atomic E-state index is -0.0316. The molecule has 4 nitrogen and oxygen atoms in total.